The van der Waals surface area contributed by atoms with Gasteiger partial charge in [-0.05, 0) is 49.2 Å². The molecule has 0 saturated heterocycles. The third-order valence-electron chi connectivity index (χ3n) is 3.28. The molecule has 0 aliphatic carbocycles. The van der Waals surface area contributed by atoms with Gasteiger partial charge in [-0.25, -0.2) is 0 Å². The van der Waals surface area contributed by atoms with E-state index < -0.39 is 0 Å². The van der Waals surface area contributed by atoms with Crippen LogP contribution in [0.5, 0.6) is 5.75 Å². The Morgan fingerprint density at radius 3 is 2.43 bits per heavy atom. The number of amides is 2. The number of carbonyl (C=O) groups is 2. The highest BCUT2D eigenvalue weighted by atomic mass is 16.5. The van der Waals surface area contributed by atoms with Crippen molar-refractivity contribution in [3.05, 3.63) is 53.3 Å². The number of carbonyl (C=O) groups excluding carboxylic acids is 2. The number of nitrogens with zero attached hydrogens (tertiary/aromatic N) is 1. The van der Waals surface area contributed by atoms with Gasteiger partial charge >= 0.3 is 0 Å². The van der Waals surface area contributed by atoms with E-state index in [1.54, 1.807) is 29.9 Å². The van der Waals surface area contributed by atoms with E-state index in [2.05, 4.69) is 16.9 Å². The second-order valence-corrected chi connectivity index (χ2v) is 5.43. The van der Waals surface area contributed by atoms with Crippen molar-refractivity contribution >= 4 is 11.8 Å². The van der Waals surface area contributed by atoms with Crippen LogP contribution in [0, 0.1) is 13.8 Å². The van der Waals surface area contributed by atoms with Gasteiger partial charge in [-0.15, -0.1) is 0 Å². The summed E-state index contributed by atoms with van der Waals surface area (Å²) in [5, 5.41) is 0. The summed E-state index contributed by atoms with van der Waals surface area (Å²) >= 11 is 0. The SMILES string of the molecule is Cc1cc(C)cc(OCCC(=O)NNC(=O)c2cccn2C)c1. The minimum atomic E-state index is -0.360. The van der Waals surface area contributed by atoms with Gasteiger partial charge in [0.1, 0.15) is 11.4 Å². The first-order valence-corrected chi connectivity index (χ1v) is 7.37. The molecule has 1 aromatic heterocycles. The molecule has 0 fully saturated rings. The fourth-order valence-corrected chi connectivity index (χ4v) is 2.23. The summed E-state index contributed by atoms with van der Waals surface area (Å²) in [5.41, 5.74) is 7.44. The number of hydrazine groups is 1. The number of rotatable bonds is 5. The van der Waals surface area contributed by atoms with E-state index in [9.17, 15) is 9.59 Å². The number of benzene rings is 1. The van der Waals surface area contributed by atoms with E-state index in [1.807, 2.05) is 26.0 Å². The second-order valence-electron chi connectivity index (χ2n) is 5.43. The first-order chi connectivity index (χ1) is 11.0. The van der Waals surface area contributed by atoms with Gasteiger partial charge in [0.15, 0.2) is 0 Å². The maximum absolute atomic E-state index is 11.8. The van der Waals surface area contributed by atoms with Crippen LogP contribution < -0.4 is 15.6 Å². The van der Waals surface area contributed by atoms with Gasteiger partial charge in [0, 0.05) is 13.2 Å². The molecule has 23 heavy (non-hydrogen) atoms. The van der Waals surface area contributed by atoms with Crippen molar-refractivity contribution in [1.82, 2.24) is 15.4 Å². The summed E-state index contributed by atoms with van der Waals surface area (Å²) < 4.78 is 7.23. The number of hydrogen-bond acceptors (Lipinski definition) is 3. The molecule has 0 atom stereocenters. The molecule has 2 rings (SSSR count). The van der Waals surface area contributed by atoms with Gasteiger partial charge in [0.05, 0.1) is 13.0 Å². The Morgan fingerprint density at radius 1 is 1.13 bits per heavy atom. The lowest BCUT2D eigenvalue weighted by Gasteiger charge is -2.10. The van der Waals surface area contributed by atoms with Crippen LogP contribution in [0.2, 0.25) is 0 Å². The Morgan fingerprint density at radius 2 is 1.83 bits per heavy atom. The lowest BCUT2D eigenvalue weighted by molar-refractivity contribution is -0.122. The minimum absolute atomic E-state index is 0.153. The summed E-state index contributed by atoms with van der Waals surface area (Å²) in [4.78, 5) is 23.5. The Balaban J connectivity index is 1.73. The quantitative estimate of drug-likeness (QED) is 0.827. The molecule has 2 amide bonds. The third-order valence-corrected chi connectivity index (χ3v) is 3.28. The van der Waals surface area contributed by atoms with Gasteiger partial charge in [-0.2, -0.15) is 0 Å². The van der Waals surface area contributed by atoms with E-state index in [0.29, 0.717) is 5.69 Å². The van der Waals surface area contributed by atoms with Crippen molar-refractivity contribution in [2.75, 3.05) is 6.61 Å². The molecule has 1 heterocycles. The van der Waals surface area contributed by atoms with Crippen LogP contribution in [0.15, 0.2) is 36.5 Å². The third kappa shape index (κ3) is 4.88. The minimum Gasteiger partial charge on any atom is -0.493 e. The van der Waals surface area contributed by atoms with Crippen molar-refractivity contribution < 1.29 is 14.3 Å². The van der Waals surface area contributed by atoms with Crippen LogP contribution in [0.25, 0.3) is 0 Å². The van der Waals surface area contributed by atoms with E-state index >= 15 is 0 Å². The molecule has 0 aliphatic heterocycles. The largest absolute Gasteiger partial charge is 0.493 e. The standard InChI is InChI=1S/C17H21N3O3/c1-12-9-13(2)11-14(10-12)23-8-6-16(21)18-19-17(22)15-5-4-7-20(15)3/h4-5,7,9-11H,6,8H2,1-3H3,(H,18,21)(H,19,22). The Bertz CT molecular complexity index is 687. The summed E-state index contributed by atoms with van der Waals surface area (Å²) in [5.74, 6) is 0.0705. The van der Waals surface area contributed by atoms with Gasteiger partial charge in [-0.1, -0.05) is 6.07 Å². The molecule has 0 aliphatic rings. The molecule has 2 aromatic rings. The average Bonchev–Trinajstić information content (AvgIpc) is 2.90. The molecular formula is C17H21N3O3. The zero-order valence-corrected chi connectivity index (χ0v) is 13.6. The molecule has 6 nitrogen and oxygen atoms in total. The number of nitrogens with one attached hydrogen (secondary N) is 2. The maximum Gasteiger partial charge on any atom is 0.286 e. The molecule has 122 valence electrons. The average molecular weight is 315 g/mol. The van der Waals surface area contributed by atoms with E-state index in [-0.39, 0.29) is 24.8 Å². The Kier molecular flexibility index (Phi) is 5.41. The van der Waals surface area contributed by atoms with Crippen LogP contribution in [-0.4, -0.2) is 23.0 Å². The molecule has 0 radical (unpaired) electrons. The predicted octanol–water partition coefficient (Wildman–Crippen LogP) is 1.87. The molecular weight excluding hydrogens is 294 g/mol. The number of aromatic nitrogens is 1. The summed E-state index contributed by atoms with van der Waals surface area (Å²) in [7, 11) is 1.76. The highest BCUT2D eigenvalue weighted by Gasteiger charge is 2.10. The van der Waals surface area contributed by atoms with Crippen molar-refractivity contribution in [3.63, 3.8) is 0 Å². The molecule has 2 N–H and O–H groups in total. The van der Waals surface area contributed by atoms with Crippen molar-refractivity contribution in [3.8, 4) is 5.75 Å². The van der Waals surface area contributed by atoms with Crippen LogP contribution >= 0.6 is 0 Å². The second kappa shape index (κ2) is 7.49. The van der Waals surface area contributed by atoms with Crippen molar-refractivity contribution in [2.24, 2.45) is 7.05 Å². The van der Waals surface area contributed by atoms with Gasteiger partial charge in [0.2, 0.25) is 5.91 Å². The lowest BCUT2D eigenvalue weighted by Crippen LogP contribution is -2.42. The normalized spacial score (nSPS) is 10.2. The Hall–Kier alpha value is -2.76. The first kappa shape index (κ1) is 16.6. The monoisotopic (exact) mass is 315 g/mol. The molecule has 0 saturated carbocycles. The number of aryl methyl sites for hydroxylation is 3. The highest BCUT2D eigenvalue weighted by molar-refractivity contribution is 5.94. The summed E-state index contributed by atoms with van der Waals surface area (Å²) in [6, 6.07) is 9.32. The zero-order chi connectivity index (χ0) is 16.8. The van der Waals surface area contributed by atoms with Gasteiger partial charge < -0.3 is 9.30 Å². The van der Waals surface area contributed by atoms with Gasteiger partial charge in [0.25, 0.3) is 5.91 Å². The predicted molar refractivity (Wildman–Crippen MR) is 87.0 cm³/mol. The fourth-order valence-electron chi connectivity index (χ4n) is 2.23. The maximum atomic E-state index is 11.8. The Labute approximate surface area is 135 Å². The fraction of sp³-hybridized carbons (Fsp3) is 0.294. The summed E-state index contributed by atoms with van der Waals surface area (Å²) in [6.07, 6.45) is 1.91. The van der Waals surface area contributed by atoms with Crippen LogP contribution in [0.4, 0.5) is 0 Å². The van der Waals surface area contributed by atoms with Gasteiger partial charge in [-0.3, -0.25) is 20.4 Å². The van der Waals surface area contributed by atoms with Crippen molar-refractivity contribution in [1.29, 1.82) is 0 Å². The van der Waals surface area contributed by atoms with E-state index in [0.717, 1.165) is 16.9 Å². The van der Waals surface area contributed by atoms with Crippen LogP contribution in [0.1, 0.15) is 28.0 Å². The number of hydrogen-bond donors (Lipinski definition) is 2. The van der Waals surface area contributed by atoms with E-state index in [1.165, 1.54) is 0 Å². The molecule has 0 spiro atoms. The highest BCUT2D eigenvalue weighted by Crippen LogP contribution is 2.16. The molecule has 0 unspecified atom stereocenters. The van der Waals surface area contributed by atoms with Crippen LogP contribution in [0.3, 0.4) is 0 Å². The van der Waals surface area contributed by atoms with Crippen LogP contribution in [-0.2, 0) is 11.8 Å². The van der Waals surface area contributed by atoms with E-state index in [4.69, 9.17) is 4.74 Å². The number of ether oxygens (including phenoxy) is 1. The zero-order valence-electron chi connectivity index (χ0n) is 13.6. The molecule has 6 heteroatoms. The topological polar surface area (TPSA) is 72.4 Å². The first-order valence-electron chi connectivity index (χ1n) is 7.37. The molecule has 0 bridgehead atoms. The summed E-state index contributed by atoms with van der Waals surface area (Å²) in [6.45, 7) is 4.23. The smallest absolute Gasteiger partial charge is 0.286 e. The molecule has 1 aromatic carbocycles. The lowest BCUT2D eigenvalue weighted by atomic mass is 10.1. The van der Waals surface area contributed by atoms with Crippen molar-refractivity contribution in [2.45, 2.75) is 20.3 Å².